The van der Waals surface area contributed by atoms with Crippen molar-refractivity contribution in [1.82, 2.24) is 4.57 Å². The minimum atomic E-state index is 1.11. The Morgan fingerprint density at radius 3 is 2.14 bits per heavy atom. The van der Waals surface area contributed by atoms with Gasteiger partial charge in [-0.25, -0.2) is 0 Å². The van der Waals surface area contributed by atoms with Crippen LogP contribution in [0.1, 0.15) is 11.1 Å². The highest BCUT2D eigenvalue weighted by Crippen LogP contribution is 2.52. The second-order valence-electron chi connectivity index (χ2n) is 13.4. The van der Waals surface area contributed by atoms with Crippen LogP contribution in [-0.2, 0) is 0 Å². The fraction of sp³-hybridized carbons (Fsp3) is 0.0204. The smallest absolute Gasteiger partial charge is 0.0561 e. The Morgan fingerprint density at radius 1 is 0.549 bits per heavy atom. The Labute approximate surface area is 297 Å². The maximum Gasteiger partial charge on any atom is 0.0561 e. The van der Waals surface area contributed by atoms with Gasteiger partial charge in [0.1, 0.15) is 0 Å². The van der Waals surface area contributed by atoms with Crippen LogP contribution in [0, 0.1) is 6.92 Å². The predicted molar refractivity (Wildman–Crippen MR) is 219 cm³/mol. The zero-order valence-corrected chi connectivity index (χ0v) is 28.3. The number of anilines is 3. The average Bonchev–Trinajstić information content (AvgIpc) is 3.68. The molecule has 0 atom stereocenters. The molecule has 51 heavy (non-hydrogen) atoms. The summed E-state index contributed by atoms with van der Waals surface area (Å²) in [5.41, 5.74) is 14.6. The summed E-state index contributed by atoms with van der Waals surface area (Å²) in [6, 6.07) is 57.8. The highest BCUT2D eigenvalue weighted by atomic mass is 15.1. The summed E-state index contributed by atoms with van der Waals surface area (Å²) in [5.74, 6) is 0. The SMILES string of the molecule is C=C/C=C\c1c(C)cc2cccc3c2c1-c1ccc(N(c2ccc4c5ccccc5n(-c5ccccc5)c4c2)c2cccc4ccccc24)cc1-3. The Morgan fingerprint density at radius 2 is 1.25 bits per heavy atom. The predicted octanol–water partition coefficient (Wildman–Crippen LogP) is 13.7. The van der Waals surface area contributed by atoms with Crippen LogP contribution >= 0.6 is 0 Å². The van der Waals surface area contributed by atoms with Crippen LogP contribution in [0.2, 0.25) is 0 Å². The molecule has 0 aliphatic heterocycles. The molecule has 0 bridgehead atoms. The van der Waals surface area contributed by atoms with Gasteiger partial charge in [0.05, 0.1) is 16.7 Å². The second-order valence-corrected chi connectivity index (χ2v) is 13.4. The van der Waals surface area contributed by atoms with Crippen molar-refractivity contribution in [1.29, 1.82) is 0 Å². The Kier molecular flexibility index (Phi) is 6.59. The number of hydrogen-bond donors (Lipinski definition) is 0. The van der Waals surface area contributed by atoms with E-state index >= 15 is 0 Å². The summed E-state index contributed by atoms with van der Waals surface area (Å²) in [5, 5.41) is 7.51. The standard InChI is InChI=1S/C49H34N2/c1-3-4-19-38-32(2)29-34-16-12-22-42-44-30-36(26-28-43(44)49(38)48(34)42)50(45-24-13-15-33-14-8-9-20-39(33)45)37-25-27-41-40-21-10-11-23-46(40)51(47(41)31-37)35-17-6-5-7-18-35/h3-31H,1H2,2H3/b19-4-. The van der Waals surface area contributed by atoms with Crippen molar-refractivity contribution in [3.05, 3.63) is 188 Å². The minimum Gasteiger partial charge on any atom is -0.310 e. The lowest BCUT2D eigenvalue weighted by Gasteiger charge is -2.28. The van der Waals surface area contributed by atoms with E-state index in [9.17, 15) is 0 Å². The van der Waals surface area contributed by atoms with E-state index in [2.05, 4.69) is 187 Å². The number of fused-ring (bicyclic) bond motifs is 7. The molecule has 0 spiro atoms. The largest absolute Gasteiger partial charge is 0.310 e. The van der Waals surface area contributed by atoms with Crippen molar-refractivity contribution in [3.63, 3.8) is 0 Å². The molecule has 0 unspecified atom stereocenters. The lowest BCUT2D eigenvalue weighted by molar-refractivity contribution is 1.18. The van der Waals surface area contributed by atoms with Gasteiger partial charge in [-0.3, -0.25) is 0 Å². The summed E-state index contributed by atoms with van der Waals surface area (Å²) in [7, 11) is 0. The topological polar surface area (TPSA) is 8.17 Å². The van der Waals surface area contributed by atoms with Gasteiger partial charge in [0.25, 0.3) is 0 Å². The van der Waals surface area contributed by atoms with Gasteiger partial charge in [-0.1, -0.05) is 134 Å². The van der Waals surface area contributed by atoms with Gasteiger partial charge in [-0.15, -0.1) is 0 Å². The summed E-state index contributed by atoms with van der Waals surface area (Å²) >= 11 is 0. The first-order chi connectivity index (χ1) is 25.2. The molecule has 1 heterocycles. The van der Waals surface area contributed by atoms with E-state index in [1.54, 1.807) is 0 Å². The summed E-state index contributed by atoms with van der Waals surface area (Å²) in [6.45, 7) is 6.16. The normalized spacial score (nSPS) is 12.0. The first kappa shape index (κ1) is 29.3. The molecule has 2 nitrogen and oxygen atoms in total. The number of aromatic nitrogens is 1. The third-order valence-corrected chi connectivity index (χ3v) is 10.6. The van der Waals surface area contributed by atoms with E-state index < -0.39 is 0 Å². The molecule has 0 saturated carbocycles. The number of benzene rings is 8. The molecule has 9 aromatic rings. The highest BCUT2D eigenvalue weighted by Gasteiger charge is 2.27. The van der Waals surface area contributed by atoms with Crippen molar-refractivity contribution < 1.29 is 0 Å². The van der Waals surface area contributed by atoms with Crippen molar-refractivity contribution in [2.45, 2.75) is 6.92 Å². The first-order valence-electron chi connectivity index (χ1n) is 17.6. The van der Waals surface area contributed by atoms with E-state index in [4.69, 9.17) is 0 Å². The lowest BCUT2D eigenvalue weighted by Crippen LogP contribution is -2.11. The van der Waals surface area contributed by atoms with Gasteiger partial charge < -0.3 is 9.47 Å². The van der Waals surface area contributed by atoms with E-state index in [-0.39, 0.29) is 0 Å². The third-order valence-electron chi connectivity index (χ3n) is 10.6. The van der Waals surface area contributed by atoms with Crippen molar-refractivity contribution in [3.8, 4) is 27.9 Å². The monoisotopic (exact) mass is 650 g/mol. The van der Waals surface area contributed by atoms with Crippen molar-refractivity contribution >= 4 is 66.5 Å². The molecule has 0 fully saturated rings. The Balaban J connectivity index is 1.25. The Bertz CT molecular complexity index is 2880. The number of allylic oxidation sites excluding steroid dienone is 2. The van der Waals surface area contributed by atoms with Crippen LogP contribution in [0.15, 0.2) is 176 Å². The lowest BCUT2D eigenvalue weighted by atomic mass is 9.93. The molecular formula is C49H34N2. The summed E-state index contributed by atoms with van der Waals surface area (Å²) < 4.78 is 2.40. The van der Waals surface area contributed by atoms with Gasteiger partial charge in [-0.2, -0.15) is 0 Å². The van der Waals surface area contributed by atoms with Crippen LogP contribution in [-0.4, -0.2) is 4.57 Å². The molecule has 240 valence electrons. The molecule has 2 heteroatoms. The Hall–Kier alpha value is -6.64. The molecule has 0 N–H and O–H groups in total. The summed E-state index contributed by atoms with van der Waals surface area (Å²) in [6.07, 6.45) is 6.12. The number of nitrogens with zero attached hydrogens (tertiary/aromatic N) is 2. The van der Waals surface area contributed by atoms with Crippen LogP contribution in [0.4, 0.5) is 17.1 Å². The molecule has 0 saturated heterocycles. The van der Waals surface area contributed by atoms with Gasteiger partial charge in [0.15, 0.2) is 0 Å². The van der Waals surface area contributed by atoms with E-state index in [0.29, 0.717) is 0 Å². The molecule has 10 rings (SSSR count). The average molecular weight is 651 g/mol. The molecule has 1 aliphatic rings. The molecular weight excluding hydrogens is 617 g/mol. The summed E-state index contributed by atoms with van der Waals surface area (Å²) in [4.78, 5) is 2.45. The minimum absolute atomic E-state index is 1.11. The number of para-hydroxylation sites is 2. The zero-order valence-electron chi connectivity index (χ0n) is 28.3. The fourth-order valence-corrected chi connectivity index (χ4v) is 8.39. The molecule has 0 amide bonds. The van der Waals surface area contributed by atoms with E-state index in [1.165, 1.54) is 76.7 Å². The number of aryl methyl sites for hydroxylation is 1. The molecule has 8 aromatic carbocycles. The quantitative estimate of drug-likeness (QED) is 0.163. The fourth-order valence-electron chi connectivity index (χ4n) is 8.39. The van der Waals surface area contributed by atoms with Gasteiger partial charge in [0.2, 0.25) is 0 Å². The maximum absolute atomic E-state index is 3.95. The van der Waals surface area contributed by atoms with Crippen LogP contribution < -0.4 is 4.90 Å². The zero-order chi connectivity index (χ0) is 34.1. The van der Waals surface area contributed by atoms with Crippen LogP contribution in [0.3, 0.4) is 0 Å². The molecule has 1 aliphatic carbocycles. The van der Waals surface area contributed by atoms with Gasteiger partial charge >= 0.3 is 0 Å². The van der Waals surface area contributed by atoms with E-state index in [1.807, 2.05) is 12.2 Å². The van der Waals surface area contributed by atoms with Gasteiger partial charge in [0, 0.05) is 33.2 Å². The highest BCUT2D eigenvalue weighted by molar-refractivity contribution is 6.18. The van der Waals surface area contributed by atoms with Crippen molar-refractivity contribution in [2.75, 3.05) is 4.90 Å². The molecule has 0 radical (unpaired) electrons. The number of hydrogen-bond acceptors (Lipinski definition) is 1. The van der Waals surface area contributed by atoms with Crippen LogP contribution in [0.5, 0.6) is 0 Å². The maximum atomic E-state index is 3.95. The second kappa shape index (κ2) is 11.5. The third kappa shape index (κ3) is 4.43. The van der Waals surface area contributed by atoms with Crippen molar-refractivity contribution in [2.24, 2.45) is 0 Å². The number of rotatable bonds is 6. The van der Waals surface area contributed by atoms with Gasteiger partial charge in [-0.05, 0) is 105 Å². The van der Waals surface area contributed by atoms with E-state index in [0.717, 1.165) is 22.7 Å². The molecule has 1 aromatic heterocycles. The first-order valence-corrected chi connectivity index (χ1v) is 17.6. The van der Waals surface area contributed by atoms with Crippen LogP contribution in [0.25, 0.3) is 77.4 Å².